The van der Waals surface area contributed by atoms with Gasteiger partial charge >= 0.3 is 6.18 Å². The van der Waals surface area contributed by atoms with Crippen molar-refractivity contribution >= 4 is 27.2 Å². The third kappa shape index (κ3) is 5.75. The fourth-order valence-electron chi connectivity index (χ4n) is 3.63. The predicted octanol–water partition coefficient (Wildman–Crippen LogP) is 4.24. The topological polar surface area (TPSA) is 67.2 Å². The number of hydrogen-bond donors (Lipinski definition) is 1. The zero-order valence-corrected chi connectivity index (χ0v) is 19.5. The molecular weight excluding hydrogens is 473 g/mol. The number of nitrogens with one attached hydrogen (secondary N) is 1. The first-order chi connectivity index (χ1) is 15.6. The Morgan fingerprint density at radius 3 is 2.64 bits per heavy atom. The fraction of sp³-hybridized carbons (Fsp3) is 0.455. The highest BCUT2D eigenvalue weighted by Crippen LogP contribution is 2.39. The van der Waals surface area contributed by atoms with Crippen LogP contribution in [-0.2, 0) is 28.3 Å². The number of imidazole rings is 1. The van der Waals surface area contributed by atoms with Gasteiger partial charge in [0.25, 0.3) is 0 Å². The molecule has 4 rings (SSSR count). The first-order valence-corrected chi connectivity index (χ1v) is 12.8. The van der Waals surface area contributed by atoms with Crippen LogP contribution in [0, 0.1) is 0 Å². The first-order valence-electron chi connectivity index (χ1n) is 10.7. The molecule has 1 N–H and O–H groups in total. The molecule has 0 saturated heterocycles. The summed E-state index contributed by atoms with van der Waals surface area (Å²) >= 11 is 5.52. The summed E-state index contributed by atoms with van der Waals surface area (Å²) in [5.74, 6) is -0.557. The monoisotopic (exact) mass is 498 g/mol. The lowest BCUT2D eigenvalue weighted by Crippen LogP contribution is -2.40. The largest absolute Gasteiger partial charge is 0.416 e. The van der Waals surface area contributed by atoms with E-state index in [-0.39, 0.29) is 16.8 Å². The van der Waals surface area contributed by atoms with Crippen LogP contribution < -0.4 is 5.32 Å². The van der Waals surface area contributed by atoms with Gasteiger partial charge in [0.1, 0.15) is 0 Å². The van der Waals surface area contributed by atoms with Gasteiger partial charge in [0.05, 0.1) is 29.8 Å². The van der Waals surface area contributed by atoms with Gasteiger partial charge in [-0.1, -0.05) is 24.3 Å². The highest BCUT2D eigenvalue weighted by molar-refractivity contribution is 7.90. The van der Waals surface area contributed by atoms with Crippen LogP contribution in [0.15, 0.2) is 48.3 Å². The van der Waals surface area contributed by atoms with E-state index in [1.807, 2.05) is 4.90 Å². The Bertz CT molecular complexity index is 1150. The molecule has 0 aliphatic heterocycles. The second-order valence-electron chi connectivity index (χ2n) is 8.48. The van der Waals surface area contributed by atoms with Crippen LogP contribution in [0.4, 0.5) is 13.2 Å². The smallest absolute Gasteiger partial charge is 0.360 e. The lowest BCUT2D eigenvalue weighted by atomic mass is 10.1. The molecule has 11 heteroatoms. The molecule has 178 valence electrons. The van der Waals surface area contributed by atoms with Crippen LogP contribution in [-0.4, -0.2) is 40.6 Å². The highest BCUT2D eigenvalue weighted by Gasteiger charge is 2.35. The fourth-order valence-corrected chi connectivity index (χ4v) is 5.47. The molecule has 1 heterocycles. The lowest BCUT2D eigenvalue weighted by Gasteiger charge is -2.25. The van der Waals surface area contributed by atoms with Gasteiger partial charge < -0.3 is 14.8 Å². The SMILES string of the molecule is C=CCN(Cc1cnc(S(=O)(=O)Cc2cccc(C(F)(F)F)c2)n1C1CC1)C(=S)NC1CC1. The summed E-state index contributed by atoms with van der Waals surface area (Å²) < 4.78 is 67.2. The summed E-state index contributed by atoms with van der Waals surface area (Å²) in [4.78, 5) is 6.10. The van der Waals surface area contributed by atoms with E-state index in [0.717, 1.165) is 37.8 Å². The van der Waals surface area contributed by atoms with Gasteiger partial charge in [-0.15, -0.1) is 6.58 Å². The molecule has 0 bridgehead atoms. The summed E-state index contributed by atoms with van der Waals surface area (Å²) in [5.41, 5.74) is -0.111. The molecule has 0 spiro atoms. The van der Waals surface area contributed by atoms with E-state index in [9.17, 15) is 21.6 Å². The number of thiocarbonyl (C=S) groups is 1. The maximum atomic E-state index is 13.2. The zero-order valence-electron chi connectivity index (χ0n) is 17.9. The van der Waals surface area contributed by atoms with Crippen molar-refractivity contribution < 1.29 is 21.6 Å². The highest BCUT2D eigenvalue weighted by atomic mass is 32.2. The van der Waals surface area contributed by atoms with Crippen LogP contribution in [0.3, 0.4) is 0 Å². The maximum absolute atomic E-state index is 13.2. The minimum atomic E-state index is -4.54. The van der Waals surface area contributed by atoms with Crippen molar-refractivity contribution in [2.75, 3.05) is 6.54 Å². The first kappa shape index (κ1) is 23.7. The molecule has 2 fully saturated rings. The van der Waals surface area contributed by atoms with Gasteiger partial charge in [0.15, 0.2) is 5.11 Å². The van der Waals surface area contributed by atoms with Gasteiger partial charge in [0.2, 0.25) is 15.0 Å². The quantitative estimate of drug-likeness (QED) is 0.412. The van der Waals surface area contributed by atoms with Crippen molar-refractivity contribution in [2.24, 2.45) is 0 Å². The molecule has 6 nitrogen and oxygen atoms in total. The molecule has 2 saturated carbocycles. The van der Waals surface area contributed by atoms with E-state index in [2.05, 4.69) is 16.9 Å². The van der Waals surface area contributed by atoms with Crippen LogP contribution in [0.1, 0.15) is 48.5 Å². The standard InChI is InChI=1S/C22H25F3N4O2S2/c1-2-10-28(20(32)27-17-6-7-17)13-19-12-26-21(29(19)18-8-9-18)33(30,31)14-15-4-3-5-16(11-15)22(23,24)25/h2-5,11-12,17-18H,1,6-10,13-14H2,(H,27,32). The molecule has 1 aromatic carbocycles. The van der Waals surface area contributed by atoms with E-state index in [1.165, 1.54) is 18.3 Å². The Balaban J connectivity index is 1.59. The van der Waals surface area contributed by atoms with Gasteiger partial charge in [-0.05, 0) is 49.5 Å². The molecule has 2 aliphatic rings. The second kappa shape index (κ2) is 9.09. The molecule has 0 unspecified atom stereocenters. The Kier molecular flexibility index (Phi) is 6.54. The van der Waals surface area contributed by atoms with E-state index < -0.39 is 27.3 Å². The molecule has 1 aromatic heterocycles. The molecule has 0 atom stereocenters. The van der Waals surface area contributed by atoms with Gasteiger partial charge in [-0.2, -0.15) is 13.2 Å². The molecule has 2 aromatic rings. The Hall–Kier alpha value is -2.40. The minimum Gasteiger partial charge on any atom is -0.360 e. The van der Waals surface area contributed by atoms with E-state index in [4.69, 9.17) is 12.2 Å². The number of rotatable bonds is 9. The average Bonchev–Trinajstić information content (AvgIpc) is 3.67. The third-order valence-corrected chi connectivity index (χ3v) is 7.48. The van der Waals surface area contributed by atoms with Crippen LogP contribution in [0.2, 0.25) is 0 Å². The summed E-state index contributed by atoms with van der Waals surface area (Å²) in [6, 6.07) is 4.77. The number of sulfone groups is 1. The van der Waals surface area contributed by atoms with Crippen molar-refractivity contribution in [3.63, 3.8) is 0 Å². The van der Waals surface area contributed by atoms with Gasteiger partial charge in [0, 0.05) is 18.6 Å². The van der Waals surface area contributed by atoms with Crippen LogP contribution in [0.25, 0.3) is 0 Å². The second-order valence-corrected chi connectivity index (χ2v) is 10.8. The summed E-state index contributed by atoms with van der Waals surface area (Å²) in [7, 11) is -3.97. The van der Waals surface area contributed by atoms with Crippen molar-refractivity contribution in [1.82, 2.24) is 19.8 Å². The van der Waals surface area contributed by atoms with E-state index in [0.29, 0.717) is 29.9 Å². The molecular formula is C22H25F3N4O2S2. The minimum absolute atomic E-state index is 0.00401. The van der Waals surface area contributed by atoms with Gasteiger partial charge in [-0.25, -0.2) is 13.4 Å². The zero-order chi connectivity index (χ0) is 23.8. The molecule has 0 amide bonds. The van der Waals surface area contributed by atoms with Crippen LogP contribution >= 0.6 is 12.2 Å². The Morgan fingerprint density at radius 2 is 2.03 bits per heavy atom. The van der Waals surface area contributed by atoms with Gasteiger partial charge in [-0.3, -0.25) is 0 Å². The van der Waals surface area contributed by atoms with Crippen molar-refractivity contribution in [3.05, 3.63) is 59.9 Å². The third-order valence-electron chi connectivity index (χ3n) is 5.54. The number of aromatic nitrogens is 2. The number of benzene rings is 1. The Morgan fingerprint density at radius 1 is 1.30 bits per heavy atom. The summed E-state index contributed by atoms with van der Waals surface area (Å²) in [5, 5.41) is 3.74. The lowest BCUT2D eigenvalue weighted by molar-refractivity contribution is -0.137. The number of alkyl halides is 3. The predicted molar refractivity (Wildman–Crippen MR) is 122 cm³/mol. The molecule has 33 heavy (non-hydrogen) atoms. The molecule has 2 aliphatic carbocycles. The average molecular weight is 499 g/mol. The van der Waals surface area contributed by atoms with Crippen molar-refractivity contribution in [2.45, 2.75) is 61.4 Å². The van der Waals surface area contributed by atoms with E-state index >= 15 is 0 Å². The number of hydrogen-bond acceptors (Lipinski definition) is 4. The van der Waals surface area contributed by atoms with Crippen molar-refractivity contribution in [3.8, 4) is 0 Å². The maximum Gasteiger partial charge on any atom is 0.416 e. The summed E-state index contributed by atoms with van der Waals surface area (Å²) in [6.07, 6.45) is 2.49. The Labute approximate surface area is 196 Å². The van der Waals surface area contributed by atoms with E-state index in [1.54, 1.807) is 10.6 Å². The summed E-state index contributed by atoms with van der Waals surface area (Å²) in [6.45, 7) is 4.62. The van der Waals surface area contributed by atoms with Crippen molar-refractivity contribution in [1.29, 1.82) is 0 Å². The normalized spacial score (nSPS) is 16.5. The number of nitrogens with zero attached hydrogens (tertiary/aromatic N) is 3. The van der Waals surface area contributed by atoms with Crippen LogP contribution in [0.5, 0.6) is 0 Å². The number of halogens is 3. The molecule has 0 radical (unpaired) electrons.